The lowest BCUT2D eigenvalue weighted by atomic mass is 9.98. The van der Waals surface area contributed by atoms with Gasteiger partial charge in [-0.3, -0.25) is 0 Å². The summed E-state index contributed by atoms with van der Waals surface area (Å²) >= 11 is 0. The second-order valence-corrected chi connectivity index (χ2v) is 6.87. The number of nitrogens with one attached hydrogen (secondary N) is 1. The van der Waals surface area contributed by atoms with Crippen LogP contribution in [0.15, 0.2) is 11.6 Å². The lowest BCUT2D eigenvalue weighted by molar-refractivity contribution is 0.473. The molecule has 0 aliphatic carbocycles. The average Bonchev–Trinajstić information content (AvgIpc) is 2.43. The molecule has 1 rings (SSSR count). The molecule has 1 saturated heterocycles. The fourth-order valence-electron chi connectivity index (χ4n) is 2.09. The Hall–Kier alpha value is -0.350. The van der Waals surface area contributed by atoms with Crippen LogP contribution in [0.5, 0.6) is 0 Å². The SMILES string of the molecule is CNC(C=C(C)C)CC1CCS(=O)(=O)C1. The molecule has 88 valence electrons. The standard InChI is InChI=1S/C11H21NO2S/c1-9(2)6-11(12-3)7-10-4-5-15(13,14)8-10/h6,10-12H,4-5,7-8H2,1-3H3. The van der Waals surface area contributed by atoms with Crippen molar-refractivity contribution in [1.82, 2.24) is 5.32 Å². The summed E-state index contributed by atoms with van der Waals surface area (Å²) in [5.74, 6) is 1.09. The molecule has 0 aromatic heterocycles. The van der Waals surface area contributed by atoms with E-state index >= 15 is 0 Å². The van der Waals surface area contributed by atoms with Crippen LogP contribution in [-0.2, 0) is 9.84 Å². The molecule has 2 atom stereocenters. The number of sulfone groups is 1. The van der Waals surface area contributed by atoms with Gasteiger partial charge in [0.05, 0.1) is 11.5 Å². The Morgan fingerprint density at radius 1 is 1.53 bits per heavy atom. The number of hydrogen-bond donors (Lipinski definition) is 1. The molecule has 15 heavy (non-hydrogen) atoms. The Morgan fingerprint density at radius 3 is 2.60 bits per heavy atom. The highest BCUT2D eigenvalue weighted by molar-refractivity contribution is 7.91. The molecule has 2 unspecified atom stereocenters. The summed E-state index contributed by atoms with van der Waals surface area (Å²) in [6, 6.07) is 0.313. The van der Waals surface area contributed by atoms with Crippen LogP contribution in [-0.4, -0.2) is 33.0 Å². The minimum atomic E-state index is -2.73. The van der Waals surface area contributed by atoms with Crippen LogP contribution in [0.1, 0.15) is 26.7 Å². The molecule has 1 aliphatic rings. The molecule has 0 radical (unpaired) electrons. The summed E-state index contributed by atoms with van der Waals surface area (Å²) in [5, 5.41) is 3.22. The summed E-state index contributed by atoms with van der Waals surface area (Å²) in [6.45, 7) is 4.13. The normalized spacial score (nSPS) is 26.2. The highest BCUT2D eigenvalue weighted by Crippen LogP contribution is 2.23. The Bertz CT molecular complexity index is 328. The number of allylic oxidation sites excluding steroid dienone is 1. The van der Waals surface area contributed by atoms with Gasteiger partial charge in [-0.1, -0.05) is 11.6 Å². The maximum absolute atomic E-state index is 11.3. The quantitative estimate of drug-likeness (QED) is 0.743. The van der Waals surface area contributed by atoms with E-state index in [-0.39, 0.29) is 0 Å². The molecule has 0 amide bonds. The van der Waals surface area contributed by atoms with Crippen LogP contribution in [0.3, 0.4) is 0 Å². The van der Waals surface area contributed by atoms with Gasteiger partial charge in [0.1, 0.15) is 0 Å². The maximum Gasteiger partial charge on any atom is 0.150 e. The summed E-state index contributed by atoms with van der Waals surface area (Å²) in [5.41, 5.74) is 1.27. The highest BCUT2D eigenvalue weighted by Gasteiger charge is 2.28. The first-order valence-corrected chi connectivity index (χ1v) is 7.28. The van der Waals surface area contributed by atoms with Gasteiger partial charge in [0.25, 0.3) is 0 Å². The second kappa shape index (κ2) is 5.12. The minimum absolute atomic E-state index is 0.313. The fourth-order valence-corrected chi connectivity index (χ4v) is 3.97. The van der Waals surface area contributed by atoms with Gasteiger partial charge in [-0.05, 0) is 39.7 Å². The van der Waals surface area contributed by atoms with E-state index < -0.39 is 9.84 Å². The van der Waals surface area contributed by atoms with E-state index in [1.165, 1.54) is 5.57 Å². The third-order valence-electron chi connectivity index (χ3n) is 2.82. The second-order valence-electron chi connectivity index (χ2n) is 4.64. The van der Waals surface area contributed by atoms with E-state index in [1.807, 2.05) is 7.05 Å². The van der Waals surface area contributed by atoms with Gasteiger partial charge < -0.3 is 5.32 Å². The van der Waals surface area contributed by atoms with Crippen LogP contribution < -0.4 is 5.32 Å². The van der Waals surface area contributed by atoms with Gasteiger partial charge in [0, 0.05) is 6.04 Å². The van der Waals surface area contributed by atoms with Crippen molar-refractivity contribution in [3.63, 3.8) is 0 Å². The topological polar surface area (TPSA) is 46.2 Å². The van der Waals surface area contributed by atoms with Crippen molar-refractivity contribution in [3.05, 3.63) is 11.6 Å². The third kappa shape index (κ3) is 4.34. The monoisotopic (exact) mass is 231 g/mol. The lowest BCUT2D eigenvalue weighted by Gasteiger charge is -2.16. The largest absolute Gasteiger partial charge is 0.314 e. The number of rotatable bonds is 4. The number of hydrogen-bond acceptors (Lipinski definition) is 3. The Morgan fingerprint density at radius 2 is 2.20 bits per heavy atom. The van der Waals surface area contributed by atoms with Gasteiger partial charge in [0.15, 0.2) is 9.84 Å². The molecule has 1 aliphatic heterocycles. The van der Waals surface area contributed by atoms with Crippen molar-refractivity contribution in [1.29, 1.82) is 0 Å². The minimum Gasteiger partial charge on any atom is -0.314 e. The summed E-state index contributed by atoms with van der Waals surface area (Å²) < 4.78 is 22.6. The molecule has 4 heteroatoms. The fraction of sp³-hybridized carbons (Fsp3) is 0.818. The Kier molecular flexibility index (Phi) is 4.34. The molecular weight excluding hydrogens is 210 g/mol. The molecule has 0 aromatic carbocycles. The van der Waals surface area contributed by atoms with E-state index in [2.05, 4.69) is 25.2 Å². The van der Waals surface area contributed by atoms with E-state index in [0.29, 0.717) is 23.5 Å². The predicted octanol–water partition coefficient (Wildman–Crippen LogP) is 1.37. The van der Waals surface area contributed by atoms with Crippen molar-refractivity contribution >= 4 is 9.84 Å². The maximum atomic E-state index is 11.3. The zero-order valence-electron chi connectivity index (χ0n) is 9.79. The first-order valence-electron chi connectivity index (χ1n) is 5.45. The molecular formula is C11H21NO2S. The van der Waals surface area contributed by atoms with Gasteiger partial charge >= 0.3 is 0 Å². The van der Waals surface area contributed by atoms with E-state index in [0.717, 1.165) is 12.8 Å². The molecule has 1 N–H and O–H groups in total. The van der Waals surface area contributed by atoms with E-state index in [1.54, 1.807) is 0 Å². The van der Waals surface area contributed by atoms with Gasteiger partial charge in [0.2, 0.25) is 0 Å². The van der Waals surface area contributed by atoms with Crippen molar-refractivity contribution < 1.29 is 8.42 Å². The summed E-state index contributed by atoms with van der Waals surface area (Å²) in [7, 11) is -0.802. The van der Waals surface area contributed by atoms with E-state index in [4.69, 9.17) is 0 Å². The van der Waals surface area contributed by atoms with Crippen molar-refractivity contribution in [2.24, 2.45) is 5.92 Å². The molecule has 0 aromatic rings. The van der Waals surface area contributed by atoms with Gasteiger partial charge in [-0.15, -0.1) is 0 Å². The van der Waals surface area contributed by atoms with Crippen molar-refractivity contribution in [2.45, 2.75) is 32.7 Å². The average molecular weight is 231 g/mol. The van der Waals surface area contributed by atoms with E-state index in [9.17, 15) is 8.42 Å². The molecule has 1 fully saturated rings. The summed E-state index contributed by atoms with van der Waals surface area (Å²) in [6.07, 6.45) is 3.93. The highest BCUT2D eigenvalue weighted by atomic mass is 32.2. The summed E-state index contributed by atoms with van der Waals surface area (Å²) in [4.78, 5) is 0. The molecule has 3 nitrogen and oxygen atoms in total. The van der Waals surface area contributed by atoms with Crippen LogP contribution in [0.4, 0.5) is 0 Å². The van der Waals surface area contributed by atoms with Gasteiger partial charge in [-0.25, -0.2) is 8.42 Å². The van der Waals surface area contributed by atoms with Gasteiger partial charge in [-0.2, -0.15) is 0 Å². The van der Waals surface area contributed by atoms with Crippen LogP contribution in [0.25, 0.3) is 0 Å². The van der Waals surface area contributed by atoms with Crippen LogP contribution in [0.2, 0.25) is 0 Å². The zero-order chi connectivity index (χ0) is 11.5. The Balaban J connectivity index is 2.51. The third-order valence-corrected chi connectivity index (χ3v) is 4.66. The first kappa shape index (κ1) is 12.7. The Labute approximate surface area is 92.9 Å². The number of likely N-dealkylation sites (N-methyl/N-ethyl adjacent to an activating group) is 1. The zero-order valence-corrected chi connectivity index (χ0v) is 10.6. The van der Waals surface area contributed by atoms with Crippen molar-refractivity contribution in [3.8, 4) is 0 Å². The first-order chi connectivity index (χ1) is 6.93. The molecule has 0 spiro atoms. The predicted molar refractivity (Wildman–Crippen MR) is 63.7 cm³/mol. The smallest absolute Gasteiger partial charge is 0.150 e. The lowest BCUT2D eigenvalue weighted by Crippen LogP contribution is -2.26. The van der Waals surface area contributed by atoms with Crippen LogP contribution >= 0.6 is 0 Å². The van der Waals surface area contributed by atoms with Crippen molar-refractivity contribution in [2.75, 3.05) is 18.6 Å². The molecule has 0 bridgehead atoms. The molecule has 1 heterocycles. The molecule has 0 saturated carbocycles. The van der Waals surface area contributed by atoms with Crippen LogP contribution in [0, 0.1) is 5.92 Å².